The predicted octanol–water partition coefficient (Wildman–Crippen LogP) is 5.26. The van der Waals surface area contributed by atoms with Gasteiger partial charge in [-0.05, 0) is 23.3 Å². The van der Waals surface area contributed by atoms with Crippen molar-refractivity contribution in [2.24, 2.45) is 0 Å². The summed E-state index contributed by atoms with van der Waals surface area (Å²) in [6.07, 6.45) is 0. The first-order valence-electron chi connectivity index (χ1n) is 9.00. The molecule has 0 amide bonds. The molecule has 2 N–H and O–H groups in total. The van der Waals surface area contributed by atoms with Crippen molar-refractivity contribution < 1.29 is 18.6 Å². The average molecular weight is 402 g/mol. The molecule has 0 aliphatic heterocycles. The molecule has 0 aliphatic carbocycles. The Kier molecular flexibility index (Phi) is 4.82. The van der Waals surface area contributed by atoms with E-state index in [9.17, 15) is 18.6 Å². The molecule has 4 nitrogen and oxygen atoms in total. The summed E-state index contributed by atoms with van der Waals surface area (Å²) < 4.78 is 27.0. The Bertz CT molecular complexity index is 1250. The van der Waals surface area contributed by atoms with E-state index in [0.717, 1.165) is 6.07 Å². The zero-order valence-corrected chi connectivity index (χ0v) is 16.2. The van der Waals surface area contributed by atoms with Crippen LogP contribution in [0.3, 0.4) is 0 Å². The van der Waals surface area contributed by atoms with Crippen molar-refractivity contribution >= 4 is 9.84 Å². The summed E-state index contributed by atoms with van der Waals surface area (Å²) in [4.78, 5) is 0.0466. The summed E-state index contributed by atoms with van der Waals surface area (Å²) in [6.45, 7) is 0. The summed E-state index contributed by atoms with van der Waals surface area (Å²) in [7, 11) is -3.96. The van der Waals surface area contributed by atoms with Crippen LogP contribution in [0.15, 0.2) is 107 Å². The Morgan fingerprint density at radius 2 is 1.03 bits per heavy atom. The van der Waals surface area contributed by atoms with Crippen LogP contribution in [0.2, 0.25) is 0 Å². The molecule has 0 radical (unpaired) electrons. The first kappa shape index (κ1) is 18.8. The fraction of sp³-hybridized carbons (Fsp3) is 0. The van der Waals surface area contributed by atoms with Crippen molar-refractivity contribution in [1.82, 2.24) is 0 Å². The Balaban J connectivity index is 2.14. The molecule has 4 aromatic rings. The second-order valence-corrected chi connectivity index (χ2v) is 8.46. The topological polar surface area (TPSA) is 74.6 Å². The molecule has 0 fully saturated rings. The zero-order valence-electron chi connectivity index (χ0n) is 15.4. The van der Waals surface area contributed by atoms with Crippen molar-refractivity contribution in [2.75, 3.05) is 0 Å². The molecule has 0 aromatic heterocycles. The van der Waals surface area contributed by atoms with Crippen LogP contribution < -0.4 is 0 Å². The third-order valence-electron chi connectivity index (χ3n) is 4.71. The minimum Gasteiger partial charge on any atom is -0.504 e. The maximum Gasteiger partial charge on any atom is 0.207 e. The van der Waals surface area contributed by atoms with Crippen LogP contribution in [0.4, 0.5) is 0 Å². The van der Waals surface area contributed by atoms with E-state index in [1.54, 1.807) is 66.7 Å². The molecule has 4 rings (SSSR count). The molecule has 0 saturated carbocycles. The second-order valence-electron chi connectivity index (χ2n) is 6.54. The highest BCUT2D eigenvalue weighted by Crippen LogP contribution is 2.48. The molecule has 0 saturated heterocycles. The van der Waals surface area contributed by atoms with Gasteiger partial charge in [-0.3, -0.25) is 0 Å². The summed E-state index contributed by atoms with van der Waals surface area (Å²) in [6, 6.07) is 27.1. The minimum absolute atomic E-state index is 0.0657. The molecule has 0 spiro atoms. The molecular weight excluding hydrogens is 384 g/mol. The van der Waals surface area contributed by atoms with Gasteiger partial charge in [0.05, 0.1) is 9.79 Å². The van der Waals surface area contributed by atoms with Crippen molar-refractivity contribution in [3.63, 3.8) is 0 Å². The van der Waals surface area contributed by atoms with Gasteiger partial charge in [0.2, 0.25) is 9.84 Å². The van der Waals surface area contributed by atoms with E-state index in [2.05, 4.69) is 0 Å². The Morgan fingerprint density at radius 3 is 1.55 bits per heavy atom. The van der Waals surface area contributed by atoms with Gasteiger partial charge in [-0.2, -0.15) is 0 Å². The summed E-state index contributed by atoms with van der Waals surface area (Å²) in [5, 5.41) is 21.1. The molecule has 5 heteroatoms. The van der Waals surface area contributed by atoms with Crippen LogP contribution in [0, 0.1) is 0 Å². The fourth-order valence-electron chi connectivity index (χ4n) is 3.35. The molecule has 0 atom stereocenters. The van der Waals surface area contributed by atoms with E-state index in [0.29, 0.717) is 16.7 Å². The monoisotopic (exact) mass is 402 g/mol. The smallest absolute Gasteiger partial charge is 0.207 e. The van der Waals surface area contributed by atoms with Gasteiger partial charge in [0.15, 0.2) is 11.5 Å². The van der Waals surface area contributed by atoms with E-state index in [-0.39, 0.29) is 21.1 Å². The number of hydrogen-bond donors (Lipinski definition) is 2. The van der Waals surface area contributed by atoms with Crippen molar-refractivity contribution in [3.05, 3.63) is 97.1 Å². The Labute approximate surface area is 169 Å². The van der Waals surface area contributed by atoms with Crippen LogP contribution in [-0.2, 0) is 9.84 Å². The van der Waals surface area contributed by atoms with Gasteiger partial charge in [-0.1, -0.05) is 78.9 Å². The van der Waals surface area contributed by atoms with Crippen LogP contribution in [0.25, 0.3) is 22.3 Å². The van der Waals surface area contributed by atoms with Gasteiger partial charge in [-0.25, -0.2) is 8.42 Å². The van der Waals surface area contributed by atoms with Crippen LogP contribution in [0.5, 0.6) is 11.5 Å². The van der Waals surface area contributed by atoms with Gasteiger partial charge in [0.25, 0.3) is 0 Å². The van der Waals surface area contributed by atoms with Crippen LogP contribution >= 0.6 is 0 Å². The number of phenols is 2. The van der Waals surface area contributed by atoms with Crippen LogP contribution in [-0.4, -0.2) is 18.6 Å². The van der Waals surface area contributed by atoms with E-state index < -0.39 is 15.6 Å². The largest absolute Gasteiger partial charge is 0.504 e. The van der Waals surface area contributed by atoms with Crippen molar-refractivity contribution in [1.29, 1.82) is 0 Å². The lowest BCUT2D eigenvalue weighted by Crippen LogP contribution is -2.05. The molecule has 0 bridgehead atoms. The number of phenolic OH excluding ortho intramolecular Hbond substituents is 2. The maximum absolute atomic E-state index is 13.5. The maximum atomic E-state index is 13.5. The van der Waals surface area contributed by atoms with Gasteiger partial charge < -0.3 is 10.2 Å². The number of rotatable bonds is 4. The zero-order chi connectivity index (χ0) is 20.4. The number of sulfone groups is 1. The molecular formula is C24H18O4S. The van der Waals surface area contributed by atoms with Crippen molar-refractivity contribution in [2.45, 2.75) is 9.79 Å². The van der Waals surface area contributed by atoms with Crippen molar-refractivity contribution in [3.8, 4) is 33.8 Å². The molecule has 144 valence electrons. The molecule has 4 aromatic carbocycles. The molecule has 0 heterocycles. The summed E-state index contributed by atoms with van der Waals surface area (Å²) in [5.41, 5.74) is 1.84. The molecule has 0 unspecified atom stereocenters. The lowest BCUT2D eigenvalue weighted by molar-refractivity contribution is 0.404. The van der Waals surface area contributed by atoms with E-state index in [1.807, 2.05) is 12.1 Å². The summed E-state index contributed by atoms with van der Waals surface area (Å²) in [5.74, 6) is -0.847. The van der Waals surface area contributed by atoms with Gasteiger partial charge >= 0.3 is 0 Å². The fourth-order valence-corrected chi connectivity index (χ4v) is 4.88. The lowest BCUT2D eigenvalue weighted by Gasteiger charge is -2.18. The Hall–Kier alpha value is -3.57. The Morgan fingerprint density at radius 1 is 0.586 bits per heavy atom. The number of benzene rings is 4. The number of hydrogen-bond acceptors (Lipinski definition) is 4. The third kappa shape index (κ3) is 3.37. The summed E-state index contributed by atoms with van der Waals surface area (Å²) >= 11 is 0. The highest BCUT2D eigenvalue weighted by Gasteiger charge is 2.28. The quantitative estimate of drug-likeness (QED) is 0.456. The first-order valence-corrected chi connectivity index (χ1v) is 10.5. The van der Waals surface area contributed by atoms with Crippen LogP contribution in [0.1, 0.15) is 0 Å². The minimum atomic E-state index is -3.96. The first-order chi connectivity index (χ1) is 14.0. The number of aromatic hydroxyl groups is 2. The van der Waals surface area contributed by atoms with E-state index >= 15 is 0 Å². The molecule has 0 aliphatic rings. The highest BCUT2D eigenvalue weighted by atomic mass is 32.2. The van der Waals surface area contributed by atoms with Gasteiger partial charge in [0, 0.05) is 17.2 Å². The standard InChI is InChI=1S/C24H18O4S/c25-20-16-21(29(27,28)19-14-8-3-9-15-19)22(17-10-4-1-5-11-17)23(24(20)26)18-12-6-2-7-13-18/h1-16,25-26H. The SMILES string of the molecule is O=S(=O)(c1ccccc1)c1cc(O)c(O)c(-c2ccccc2)c1-c1ccccc1. The molecule has 29 heavy (non-hydrogen) atoms. The average Bonchev–Trinajstić information content (AvgIpc) is 2.77. The lowest BCUT2D eigenvalue weighted by atomic mass is 9.93. The second kappa shape index (κ2) is 7.45. The van der Waals surface area contributed by atoms with Gasteiger partial charge in [0.1, 0.15) is 0 Å². The van der Waals surface area contributed by atoms with E-state index in [4.69, 9.17) is 0 Å². The third-order valence-corrected chi connectivity index (χ3v) is 6.51. The normalized spacial score (nSPS) is 11.3. The van der Waals surface area contributed by atoms with E-state index in [1.165, 1.54) is 12.1 Å². The van der Waals surface area contributed by atoms with Gasteiger partial charge in [-0.15, -0.1) is 0 Å². The predicted molar refractivity (Wildman–Crippen MR) is 113 cm³/mol. The highest BCUT2D eigenvalue weighted by molar-refractivity contribution is 7.91.